The van der Waals surface area contributed by atoms with E-state index >= 15 is 0 Å². The van der Waals surface area contributed by atoms with Crippen molar-refractivity contribution in [3.63, 3.8) is 0 Å². The fourth-order valence-corrected chi connectivity index (χ4v) is 2.39. The molecule has 10 nitrogen and oxygen atoms in total. The molecule has 0 spiro atoms. The highest BCUT2D eigenvalue weighted by Crippen LogP contribution is 2.24. The van der Waals surface area contributed by atoms with E-state index in [4.69, 9.17) is 9.47 Å². The minimum Gasteiger partial charge on any atom is -0.462 e. The summed E-state index contributed by atoms with van der Waals surface area (Å²) in [5.74, 6) is -1.36. The van der Waals surface area contributed by atoms with E-state index in [1.807, 2.05) is 0 Å². The van der Waals surface area contributed by atoms with Crippen molar-refractivity contribution in [3.8, 4) is 0 Å². The van der Waals surface area contributed by atoms with E-state index in [0.717, 1.165) is 0 Å². The lowest BCUT2D eigenvalue weighted by Crippen LogP contribution is -2.21. The number of hydrogen-bond donors (Lipinski definition) is 2. The van der Waals surface area contributed by atoms with Crippen LogP contribution in [0.1, 0.15) is 34.6 Å². The molecular formula is C19H19N3O7. The lowest BCUT2D eigenvalue weighted by atomic mass is 10.1. The number of nitro benzene ring substituents is 1. The summed E-state index contributed by atoms with van der Waals surface area (Å²) in [5, 5.41) is 15.9. The Morgan fingerprint density at radius 2 is 1.48 bits per heavy atom. The number of nitrogens with one attached hydrogen (secondary N) is 2. The highest BCUT2D eigenvalue weighted by atomic mass is 16.6. The summed E-state index contributed by atoms with van der Waals surface area (Å²) in [5.41, 5.74) is -0.108. The molecule has 152 valence electrons. The third-order valence-electron chi connectivity index (χ3n) is 3.56. The molecule has 0 aliphatic rings. The highest BCUT2D eigenvalue weighted by Gasteiger charge is 2.18. The lowest BCUT2D eigenvalue weighted by molar-refractivity contribution is -0.383. The van der Waals surface area contributed by atoms with Crippen LogP contribution in [-0.4, -0.2) is 36.1 Å². The third-order valence-corrected chi connectivity index (χ3v) is 3.56. The zero-order valence-electron chi connectivity index (χ0n) is 15.8. The van der Waals surface area contributed by atoms with Gasteiger partial charge in [0.2, 0.25) is 0 Å². The Bertz CT molecular complexity index is 907. The number of esters is 2. The lowest BCUT2D eigenvalue weighted by Gasteiger charge is -2.11. The first-order valence-electron chi connectivity index (χ1n) is 8.66. The molecule has 10 heteroatoms. The molecule has 2 rings (SSSR count). The molecule has 0 atom stereocenters. The fraction of sp³-hybridized carbons (Fsp3) is 0.211. The topological polar surface area (TPSA) is 137 Å². The summed E-state index contributed by atoms with van der Waals surface area (Å²) in [7, 11) is 0. The summed E-state index contributed by atoms with van der Waals surface area (Å²) < 4.78 is 9.85. The normalized spacial score (nSPS) is 10.0. The molecule has 0 saturated carbocycles. The van der Waals surface area contributed by atoms with Crippen LogP contribution in [0.5, 0.6) is 0 Å². The van der Waals surface area contributed by atoms with Gasteiger partial charge in [-0.25, -0.2) is 14.4 Å². The van der Waals surface area contributed by atoms with Gasteiger partial charge >= 0.3 is 18.0 Å². The van der Waals surface area contributed by atoms with E-state index in [1.54, 1.807) is 13.8 Å². The number of para-hydroxylation sites is 2. The van der Waals surface area contributed by atoms with Crippen LogP contribution in [0.25, 0.3) is 0 Å². The molecule has 0 fully saturated rings. The zero-order valence-corrected chi connectivity index (χ0v) is 15.8. The van der Waals surface area contributed by atoms with Crippen molar-refractivity contribution in [2.24, 2.45) is 0 Å². The quantitative estimate of drug-likeness (QED) is 0.411. The molecule has 2 N–H and O–H groups in total. The Morgan fingerprint density at radius 3 is 2.00 bits per heavy atom. The number of anilines is 2. The van der Waals surface area contributed by atoms with Gasteiger partial charge in [0.15, 0.2) is 0 Å². The standard InChI is InChI=1S/C19H19N3O7/c1-3-28-17(23)12-9-13(18(24)29-4-2)11-14(10-12)20-19(25)21-15-7-5-6-8-16(15)22(26)27/h5-11H,3-4H2,1-2H3,(H2,20,21,25). The maximum absolute atomic E-state index is 12.3. The maximum atomic E-state index is 12.3. The van der Waals surface area contributed by atoms with Crippen LogP contribution in [-0.2, 0) is 9.47 Å². The number of carbonyl (C=O) groups excluding carboxylic acids is 3. The number of rotatable bonds is 7. The molecule has 2 aromatic carbocycles. The Balaban J connectivity index is 2.28. The number of benzene rings is 2. The van der Waals surface area contributed by atoms with E-state index in [-0.39, 0.29) is 41.4 Å². The second-order valence-corrected chi connectivity index (χ2v) is 5.59. The molecule has 29 heavy (non-hydrogen) atoms. The first-order chi connectivity index (χ1) is 13.8. The van der Waals surface area contributed by atoms with Crippen LogP contribution in [0.2, 0.25) is 0 Å². The van der Waals surface area contributed by atoms with Gasteiger partial charge < -0.3 is 20.1 Å². The summed E-state index contributed by atoms with van der Waals surface area (Å²) in [6, 6.07) is 8.75. The van der Waals surface area contributed by atoms with Crippen molar-refractivity contribution in [2.45, 2.75) is 13.8 Å². The average molecular weight is 401 g/mol. The second-order valence-electron chi connectivity index (χ2n) is 5.59. The first-order valence-corrected chi connectivity index (χ1v) is 8.66. The van der Waals surface area contributed by atoms with E-state index in [1.165, 1.54) is 42.5 Å². The molecule has 0 saturated heterocycles. The number of ether oxygens (including phenoxy) is 2. The van der Waals surface area contributed by atoms with Crippen molar-refractivity contribution in [3.05, 3.63) is 63.7 Å². The van der Waals surface area contributed by atoms with Crippen LogP contribution in [0.15, 0.2) is 42.5 Å². The molecule has 0 unspecified atom stereocenters. The molecule has 0 aromatic heterocycles. The van der Waals surface area contributed by atoms with Gasteiger partial charge in [-0.15, -0.1) is 0 Å². The molecule has 0 bridgehead atoms. The van der Waals surface area contributed by atoms with Gasteiger partial charge in [-0.3, -0.25) is 10.1 Å². The van der Waals surface area contributed by atoms with E-state index in [0.29, 0.717) is 0 Å². The van der Waals surface area contributed by atoms with Gasteiger partial charge in [-0.2, -0.15) is 0 Å². The predicted octanol–water partition coefficient (Wildman–Crippen LogP) is 3.59. The van der Waals surface area contributed by atoms with Crippen LogP contribution in [0, 0.1) is 10.1 Å². The van der Waals surface area contributed by atoms with E-state index in [2.05, 4.69) is 10.6 Å². The Kier molecular flexibility index (Phi) is 7.24. The first kappa shape index (κ1) is 21.4. The van der Waals surface area contributed by atoms with Crippen molar-refractivity contribution in [2.75, 3.05) is 23.8 Å². The predicted molar refractivity (Wildman–Crippen MR) is 104 cm³/mol. The van der Waals surface area contributed by atoms with Gasteiger partial charge in [0.25, 0.3) is 5.69 Å². The molecule has 0 aliphatic carbocycles. The molecule has 0 aliphatic heterocycles. The third kappa shape index (κ3) is 5.76. The van der Waals surface area contributed by atoms with Crippen molar-refractivity contribution < 1.29 is 28.8 Å². The summed E-state index contributed by atoms with van der Waals surface area (Å²) in [6.07, 6.45) is 0. The van der Waals surface area contributed by atoms with Crippen LogP contribution < -0.4 is 10.6 Å². The minimum absolute atomic E-state index is 0.0119. The molecule has 2 amide bonds. The molecule has 2 aromatic rings. The van der Waals surface area contributed by atoms with Gasteiger partial charge in [0.1, 0.15) is 5.69 Å². The van der Waals surface area contributed by atoms with Crippen molar-refractivity contribution in [1.82, 2.24) is 0 Å². The van der Waals surface area contributed by atoms with Crippen LogP contribution in [0.3, 0.4) is 0 Å². The van der Waals surface area contributed by atoms with Gasteiger partial charge in [-0.05, 0) is 38.1 Å². The number of hydrogen-bond acceptors (Lipinski definition) is 7. The van der Waals surface area contributed by atoms with Gasteiger partial charge in [0, 0.05) is 11.8 Å². The number of nitrogens with zero attached hydrogens (tertiary/aromatic N) is 1. The Morgan fingerprint density at radius 1 is 0.931 bits per heavy atom. The van der Waals surface area contributed by atoms with E-state index in [9.17, 15) is 24.5 Å². The largest absolute Gasteiger partial charge is 0.462 e. The second kappa shape index (κ2) is 9.83. The Labute approximate surface area is 166 Å². The minimum atomic E-state index is -0.796. The SMILES string of the molecule is CCOC(=O)c1cc(NC(=O)Nc2ccccc2[N+](=O)[O-])cc(C(=O)OCC)c1. The van der Waals surface area contributed by atoms with E-state index < -0.39 is 22.9 Å². The number of nitro groups is 1. The molecular weight excluding hydrogens is 382 g/mol. The maximum Gasteiger partial charge on any atom is 0.338 e. The molecule has 0 radical (unpaired) electrons. The van der Waals surface area contributed by atoms with Crippen molar-refractivity contribution >= 4 is 35.0 Å². The van der Waals surface area contributed by atoms with Crippen LogP contribution in [0.4, 0.5) is 21.9 Å². The number of amides is 2. The van der Waals surface area contributed by atoms with Gasteiger partial charge in [-0.1, -0.05) is 12.1 Å². The number of urea groups is 1. The molecule has 0 heterocycles. The fourth-order valence-electron chi connectivity index (χ4n) is 2.39. The smallest absolute Gasteiger partial charge is 0.338 e. The van der Waals surface area contributed by atoms with Crippen LogP contribution >= 0.6 is 0 Å². The summed E-state index contributed by atoms with van der Waals surface area (Å²) >= 11 is 0. The van der Waals surface area contributed by atoms with Gasteiger partial charge in [0.05, 0.1) is 29.3 Å². The zero-order chi connectivity index (χ0) is 21.4. The monoisotopic (exact) mass is 401 g/mol. The number of carbonyl (C=O) groups is 3. The average Bonchev–Trinajstić information content (AvgIpc) is 2.68. The highest BCUT2D eigenvalue weighted by molar-refractivity contribution is 6.03. The summed E-state index contributed by atoms with van der Waals surface area (Å²) in [4.78, 5) is 46.8. The van der Waals surface area contributed by atoms with Crippen molar-refractivity contribution in [1.29, 1.82) is 0 Å². The Hall–Kier alpha value is -3.95. The summed E-state index contributed by atoms with van der Waals surface area (Å²) in [6.45, 7) is 3.52.